The fourth-order valence-electron chi connectivity index (χ4n) is 9.69. The molecule has 4 saturated carbocycles. The largest absolute Gasteiger partial charge is 0.299 e. The van der Waals surface area contributed by atoms with Crippen molar-refractivity contribution >= 4 is 17.3 Å². The van der Waals surface area contributed by atoms with Crippen molar-refractivity contribution in [1.29, 1.82) is 0 Å². The smallest absolute Gasteiger partial charge is 0.138 e. The maximum atomic E-state index is 14.1. The van der Waals surface area contributed by atoms with Crippen LogP contribution in [0, 0.1) is 57.2 Å². The number of carbonyl (C=O) groups excluding carboxylic acids is 3. The van der Waals surface area contributed by atoms with Gasteiger partial charge in [0.1, 0.15) is 17.3 Å². The Morgan fingerprint density at radius 3 is 2.15 bits per heavy atom. The summed E-state index contributed by atoms with van der Waals surface area (Å²) in [6.07, 6.45) is 8.36. The summed E-state index contributed by atoms with van der Waals surface area (Å²) in [5, 5.41) is 0. The number of hydrogen-bond donors (Lipinski definition) is 0. The van der Waals surface area contributed by atoms with E-state index < -0.39 is 5.41 Å². The number of hydrogen-bond acceptors (Lipinski definition) is 3. The highest BCUT2D eigenvalue weighted by molar-refractivity contribution is 5.96. The van der Waals surface area contributed by atoms with Gasteiger partial charge >= 0.3 is 0 Å². The average molecular weight is 457 g/mol. The highest BCUT2D eigenvalue weighted by atomic mass is 16.1. The third kappa shape index (κ3) is 3.45. The van der Waals surface area contributed by atoms with Crippen LogP contribution in [-0.4, -0.2) is 17.3 Å². The zero-order valence-corrected chi connectivity index (χ0v) is 22.6. The van der Waals surface area contributed by atoms with Gasteiger partial charge in [0.25, 0.3) is 0 Å². The molecule has 33 heavy (non-hydrogen) atoms. The summed E-state index contributed by atoms with van der Waals surface area (Å²) >= 11 is 0. The molecule has 4 aliphatic rings. The molecule has 0 bridgehead atoms. The second kappa shape index (κ2) is 8.02. The summed E-state index contributed by atoms with van der Waals surface area (Å²) in [7, 11) is 0. The number of fused-ring (bicyclic) bond motifs is 5. The first-order chi connectivity index (χ1) is 15.2. The van der Waals surface area contributed by atoms with Gasteiger partial charge in [-0.25, -0.2) is 0 Å². The second-order valence-corrected chi connectivity index (χ2v) is 14.3. The van der Waals surface area contributed by atoms with Gasteiger partial charge in [0.2, 0.25) is 0 Å². The molecule has 186 valence electrons. The Hall–Kier alpha value is -0.990. The van der Waals surface area contributed by atoms with Crippen molar-refractivity contribution < 1.29 is 14.4 Å². The van der Waals surface area contributed by atoms with Crippen LogP contribution in [0.3, 0.4) is 0 Å². The molecule has 0 aromatic rings. The molecule has 3 nitrogen and oxygen atoms in total. The van der Waals surface area contributed by atoms with E-state index in [9.17, 15) is 14.4 Å². The van der Waals surface area contributed by atoms with E-state index >= 15 is 0 Å². The maximum absolute atomic E-state index is 14.1. The Labute approximate surface area is 202 Å². The molecule has 4 fully saturated rings. The van der Waals surface area contributed by atoms with Crippen molar-refractivity contribution in [3.63, 3.8) is 0 Å². The summed E-state index contributed by atoms with van der Waals surface area (Å²) in [6.45, 7) is 18.0. The molecule has 0 N–H and O–H groups in total. The molecule has 0 amide bonds. The Bertz CT molecular complexity index is 839. The van der Waals surface area contributed by atoms with Gasteiger partial charge in [-0.2, -0.15) is 0 Å². The monoisotopic (exact) mass is 456 g/mol. The number of ketones is 3. The van der Waals surface area contributed by atoms with Crippen molar-refractivity contribution in [2.75, 3.05) is 0 Å². The molecule has 0 spiro atoms. The van der Waals surface area contributed by atoms with E-state index in [0.29, 0.717) is 36.9 Å². The van der Waals surface area contributed by atoms with E-state index in [1.807, 2.05) is 13.8 Å². The summed E-state index contributed by atoms with van der Waals surface area (Å²) < 4.78 is 0. The van der Waals surface area contributed by atoms with Crippen LogP contribution in [0.25, 0.3) is 0 Å². The lowest BCUT2D eigenvalue weighted by Gasteiger charge is -2.64. The minimum Gasteiger partial charge on any atom is -0.299 e. The molecular formula is C30H48O3. The molecule has 8 atom stereocenters. The second-order valence-electron chi connectivity index (χ2n) is 14.3. The maximum Gasteiger partial charge on any atom is 0.138 e. The van der Waals surface area contributed by atoms with E-state index in [0.717, 1.165) is 25.2 Å². The Morgan fingerprint density at radius 2 is 1.52 bits per heavy atom. The molecule has 4 aliphatic carbocycles. The minimum atomic E-state index is -0.515. The summed E-state index contributed by atoms with van der Waals surface area (Å²) in [6, 6.07) is 0. The molecule has 0 saturated heterocycles. The van der Waals surface area contributed by atoms with E-state index in [1.54, 1.807) is 0 Å². The Balaban J connectivity index is 1.68. The van der Waals surface area contributed by atoms with Crippen molar-refractivity contribution in [2.24, 2.45) is 57.2 Å². The first-order valence-electron chi connectivity index (χ1n) is 13.8. The zero-order chi connectivity index (χ0) is 24.6. The lowest BCUT2D eigenvalue weighted by molar-refractivity contribution is -0.191. The number of rotatable bonds is 5. The van der Waals surface area contributed by atoms with E-state index in [1.165, 1.54) is 19.3 Å². The third-order valence-electron chi connectivity index (χ3n) is 11.9. The molecule has 0 heterocycles. The lowest BCUT2D eigenvalue weighted by atomic mass is 9.37. The molecule has 8 unspecified atom stereocenters. The van der Waals surface area contributed by atoms with Gasteiger partial charge in [-0.15, -0.1) is 0 Å². The van der Waals surface area contributed by atoms with Gasteiger partial charge in [0.15, 0.2) is 0 Å². The quantitative estimate of drug-likeness (QED) is 0.445. The SMILES string of the molecule is CC(C)CCCC(C)C1CCC2(C)C3C(=O)CC4C(C)(C)C(=O)CCC4(C)C3C(=O)CC12C. The molecule has 0 aromatic heterocycles. The molecular weight excluding hydrogens is 408 g/mol. The van der Waals surface area contributed by atoms with Gasteiger partial charge in [-0.05, 0) is 59.2 Å². The molecule has 3 heteroatoms. The highest BCUT2D eigenvalue weighted by Crippen LogP contribution is 2.73. The van der Waals surface area contributed by atoms with Crippen LogP contribution in [-0.2, 0) is 14.4 Å². The van der Waals surface area contributed by atoms with E-state index in [4.69, 9.17) is 0 Å². The van der Waals surface area contributed by atoms with Gasteiger partial charge < -0.3 is 0 Å². The number of carbonyl (C=O) groups is 3. The highest BCUT2D eigenvalue weighted by Gasteiger charge is 2.72. The molecule has 0 aliphatic heterocycles. The first kappa shape index (κ1) is 25.1. The molecule has 0 aromatic carbocycles. The van der Waals surface area contributed by atoms with Gasteiger partial charge in [0, 0.05) is 36.5 Å². The Morgan fingerprint density at radius 1 is 0.848 bits per heavy atom. The van der Waals surface area contributed by atoms with Crippen LogP contribution in [0.1, 0.15) is 113 Å². The van der Waals surface area contributed by atoms with Crippen LogP contribution in [0.5, 0.6) is 0 Å². The Kier molecular flexibility index (Phi) is 6.10. The van der Waals surface area contributed by atoms with Crippen LogP contribution in [0.4, 0.5) is 0 Å². The predicted molar refractivity (Wildman–Crippen MR) is 133 cm³/mol. The van der Waals surface area contributed by atoms with Crippen LogP contribution in [0.2, 0.25) is 0 Å². The van der Waals surface area contributed by atoms with Crippen molar-refractivity contribution in [1.82, 2.24) is 0 Å². The van der Waals surface area contributed by atoms with E-state index in [-0.39, 0.29) is 45.6 Å². The normalized spacial score (nSPS) is 45.5. The summed E-state index contributed by atoms with van der Waals surface area (Å²) in [4.78, 5) is 40.8. The van der Waals surface area contributed by atoms with Crippen LogP contribution in [0.15, 0.2) is 0 Å². The fourth-order valence-corrected chi connectivity index (χ4v) is 9.69. The summed E-state index contributed by atoms with van der Waals surface area (Å²) in [5.41, 5.74) is -0.961. The molecule has 4 rings (SSSR count). The lowest BCUT2D eigenvalue weighted by Crippen LogP contribution is -2.66. The van der Waals surface area contributed by atoms with Crippen LogP contribution < -0.4 is 0 Å². The van der Waals surface area contributed by atoms with Crippen molar-refractivity contribution in [3.05, 3.63) is 0 Å². The molecule has 0 radical (unpaired) electrons. The van der Waals surface area contributed by atoms with Crippen LogP contribution >= 0.6 is 0 Å². The fraction of sp³-hybridized carbons (Fsp3) is 0.900. The minimum absolute atomic E-state index is 0.0101. The van der Waals surface area contributed by atoms with Gasteiger partial charge in [0.05, 0.1) is 0 Å². The average Bonchev–Trinajstić information content (AvgIpc) is 2.97. The predicted octanol–water partition coefficient (Wildman–Crippen LogP) is 7.06. The summed E-state index contributed by atoms with van der Waals surface area (Å²) in [5.74, 6) is 2.34. The van der Waals surface area contributed by atoms with Gasteiger partial charge in [-0.3, -0.25) is 14.4 Å². The topological polar surface area (TPSA) is 51.2 Å². The third-order valence-corrected chi connectivity index (χ3v) is 11.9. The zero-order valence-electron chi connectivity index (χ0n) is 22.6. The number of Topliss-reactive ketones (excluding diaryl/α,β-unsaturated/α-hetero) is 3. The van der Waals surface area contributed by atoms with Crippen molar-refractivity contribution in [3.8, 4) is 0 Å². The standard InChI is InChI=1S/C30H48O3/c1-18(2)10-9-11-19(3)20-12-15-29(7)26-21(31)16-23-27(4,5)24(33)13-14-28(23,6)25(26)22(32)17-30(20,29)8/h18-20,23,25-26H,9-17H2,1-8H3. The van der Waals surface area contributed by atoms with Crippen molar-refractivity contribution in [2.45, 2.75) is 113 Å². The van der Waals surface area contributed by atoms with E-state index in [2.05, 4.69) is 41.5 Å². The van der Waals surface area contributed by atoms with Gasteiger partial charge in [-0.1, -0.05) is 74.7 Å². The first-order valence-corrected chi connectivity index (χ1v) is 13.8.